The number of ether oxygens (including phenoxy) is 2. The number of halogens is 2. The maximum Gasteiger partial charge on any atom is 0.513 e. The van der Waals surface area contributed by atoms with E-state index in [4.69, 9.17) is 32.7 Å². The fourth-order valence-corrected chi connectivity index (χ4v) is 3.27. The van der Waals surface area contributed by atoms with Crippen LogP contribution in [-0.2, 0) is 17.7 Å². The van der Waals surface area contributed by atoms with Gasteiger partial charge in [-0.2, -0.15) is 5.10 Å². The smallest absolute Gasteiger partial charge is 0.434 e. The Morgan fingerprint density at radius 3 is 2.59 bits per heavy atom. The van der Waals surface area contributed by atoms with Gasteiger partial charge in [-0.05, 0) is 31.0 Å². The Morgan fingerprint density at radius 1 is 1.14 bits per heavy atom. The van der Waals surface area contributed by atoms with E-state index in [1.165, 1.54) is 16.9 Å². The van der Waals surface area contributed by atoms with Gasteiger partial charge in [0.05, 0.1) is 23.4 Å². The Balaban J connectivity index is 2.02. The summed E-state index contributed by atoms with van der Waals surface area (Å²) in [5.74, 6) is -0.0337. The fourth-order valence-electron chi connectivity index (χ4n) is 2.77. The van der Waals surface area contributed by atoms with Gasteiger partial charge in [0.25, 0.3) is 5.56 Å². The average Bonchev–Trinajstić information content (AvgIpc) is 2.69. The van der Waals surface area contributed by atoms with Gasteiger partial charge in [-0.1, -0.05) is 59.6 Å². The van der Waals surface area contributed by atoms with E-state index in [1.54, 1.807) is 19.1 Å². The molecule has 2 aromatic carbocycles. The van der Waals surface area contributed by atoms with Gasteiger partial charge in [0.1, 0.15) is 0 Å². The number of carbonyl (C=O) groups excluding carboxylic acids is 1. The summed E-state index contributed by atoms with van der Waals surface area (Å²) in [6, 6.07) is 14.4. The van der Waals surface area contributed by atoms with Crippen molar-refractivity contribution in [2.75, 3.05) is 6.61 Å². The molecule has 0 spiro atoms. The van der Waals surface area contributed by atoms with Crippen LogP contribution in [0.1, 0.15) is 12.5 Å². The van der Waals surface area contributed by atoms with E-state index in [1.807, 2.05) is 30.3 Å². The summed E-state index contributed by atoms with van der Waals surface area (Å²) in [6.07, 6.45) is 0.991. The topological polar surface area (TPSA) is 70.4 Å². The zero-order chi connectivity index (χ0) is 20.8. The number of carbonyl (C=O) groups is 1. The molecule has 29 heavy (non-hydrogen) atoms. The van der Waals surface area contributed by atoms with Gasteiger partial charge >= 0.3 is 6.16 Å². The first-order valence-electron chi connectivity index (χ1n) is 8.93. The number of nitrogens with zero attached hydrogens (tertiary/aromatic N) is 2. The van der Waals surface area contributed by atoms with Crippen molar-refractivity contribution in [3.63, 3.8) is 0 Å². The third-order valence-corrected chi connectivity index (χ3v) is 4.67. The maximum absolute atomic E-state index is 13.2. The van der Waals surface area contributed by atoms with Crippen molar-refractivity contribution in [2.24, 2.45) is 0 Å². The molecule has 0 radical (unpaired) electrons. The van der Waals surface area contributed by atoms with Crippen LogP contribution in [0.2, 0.25) is 10.0 Å². The van der Waals surface area contributed by atoms with Crippen LogP contribution < -0.4 is 10.3 Å². The van der Waals surface area contributed by atoms with Crippen LogP contribution in [-0.4, -0.2) is 22.5 Å². The molecule has 6 nitrogen and oxygen atoms in total. The zero-order valence-electron chi connectivity index (χ0n) is 15.6. The molecule has 0 fully saturated rings. The van der Waals surface area contributed by atoms with Crippen LogP contribution >= 0.6 is 23.2 Å². The van der Waals surface area contributed by atoms with E-state index in [2.05, 4.69) is 5.10 Å². The minimum atomic E-state index is -0.929. The molecule has 0 amide bonds. The van der Waals surface area contributed by atoms with E-state index in [0.717, 1.165) is 5.56 Å². The number of hydrogen-bond acceptors (Lipinski definition) is 5. The molecule has 8 heteroatoms. The quantitative estimate of drug-likeness (QED) is 0.512. The highest BCUT2D eigenvalue weighted by Crippen LogP contribution is 2.33. The Morgan fingerprint density at radius 2 is 1.90 bits per heavy atom. The van der Waals surface area contributed by atoms with Crippen LogP contribution in [0.15, 0.2) is 59.5 Å². The molecule has 0 unspecified atom stereocenters. The summed E-state index contributed by atoms with van der Waals surface area (Å²) >= 11 is 12.3. The average molecular weight is 433 g/mol. The summed E-state index contributed by atoms with van der Waals surface area (Å²) in [4.78, 5) is 25.0. The van der Waals surface area contributed by atoms with Crippen LogP contribution in [0.3, 0.4) is 0 Å². The van der Waals surface area contributed by atoms with Gasteiger partial charge in [-0.25, -0.2) is 9.48 Å². The molecule has 0 aliphatic heterocycles. The first kappa shape index (κ1) is 20.9. The molecular formula is C21H18Cl2N2O4. The third kappa shape index (κ3) is 5.16. The molecule has 3 rings (SSSR count). The highest BCUT2D eigenvalue weighted by atomic mass is 35.5. The maximum atomic E-state index is 13.2. The van der Waals surface area contributed by atoms with E-state index in [-0.39, 0.29) is 22.9 Å². The Hall–Kier alpha value is -2.83. The van der Waals surface area contributed by atoms with Crippen molar-refractivity contribution in [2.45, 2.75) is 19.9 Å². The third-order valence-electron chi connectivity index (χ3n) is 4.12. The molecular weight excluding hydrogens is 415 g/mol. The lowest BCUT2D eigenvalue weighted by atomic mass is 10.1. The Labute approximate surface area is 177 Å². The molecule has 3 aromatic rings. The van der Waals surface area contributed by atoms with Crippen molar-refractivity contribution in [1.29, 1.82) is 0 Å². The molecule has 0 saturated heterocycles. The molecule has 1 heterocycles. The molecule has 0 saturated carbocycles. The number of benzene rings is 2. The van der Waals surface area contributed by atoms with Gasteiger partial charge in [0.15, 0.2) is 5.75 Å². The minimum absolute atomic E-state index is 0.0337. The monoisotopic (exact) mass is 432 g/mol. The second-order valence-corrected chi connectivity index (χ2v) is 6.90. The molecule has 1 aromatic heterocycles. The second kappa shape index (κ2) is 9.58. The van der Waals surface area contributed by atoms with Gasteiger partial charge in [-0.3, -0.25) is 4.79 Å². The summed E-state index contributed by atoms with van der Waals surface area (Å²) in [5.41, 5.74) is 1.13. The zero-order valence-corrected chi connectivity index (χ0v) is 17.1. The molecule has 0 aliphatic carbocycles. The highest BCUT2D eigenvalue weighted by molar-refractivity contribution is 6.36. The lowest BCUT2D eigenvalue weighted by molar-refractivity contribution is 0.104. The van der Waals surface area contributed by atoms with Crippen LogP contribution in [0.5, 0.6) is 5.75 Å². The van der Waals surface area contributed by atoms with Gasteiger partial charge < -0.3 is 9.47 Å². The summed E-state index contributed by atoms with van der Waals surface area (Å²) in [5, 5.41) is 4.82. The lowest BCUT2D eigenvalue weighted by Gasteiger charge is -2.13. The standard InChI is InChI=1S/C21H18Cl2N2O4/c1-2-28-21(27)29-18-13-24-25(11-10-14-6-4-3-5-7-14)20(26)19(18)16-9-8-15(22)12-17(16)23/h3-9,12-13H,2,10-11H2,1H3. The Kier molecular flexibility index (Phi) is 6.90. The van der Waals surface area contributed by atoms with Crippen molar-refractivity contribution in [3.05, 3.63) is 80.7 Å². The Bertz CT molecular complexity index is 1070. The normalized spacial score (nSPS) is 10.6. The van der Waals surface area contributed by atoms with E-state index >= 15 is 0 Å². The lowest BCUT2D eigenvalue weighted by Crippen LogP contribution is -2.26. The summed E-state index contributed by atoms with van der Waals surface area (Å²) < 4.78 is 11.3. The van der Waals surface area contributed by atoms with E-state index in [9.17, 15) is 9.59 Å². The van der Waals surface area contributed by atoms with Crippen LogP contribution in [0, 0.1) is 0 Å². The molecule has 0 N–H and O–H groups in total. The van der Waals surface area contributed by atoms with Crippen molar-refractivity contribution >= 4 is 29.4 Å². The molecule has 150 valence electrons. The molecule has 0 atom stereocenters. The minimum Gasteiger partial charge on any atom is -0.434 e. The SMILES string of the molecule is CCOC(=O)Oc1cnn(CCc2ccccc2)c(=O)c1-c1ccc(Cl)cc1Cl. The van der Waals surface area contributed by atoms with Crippen LogP contribution in [0.4, 0.5) is 4.79 Å². The first-order chi connectivity index (χ1) is 14.0. The largest absolute Gasteiger partial charge is 0.513 e. The van der Waals surface area contributed by atoms with Gasteiger partial charge in [-0.15, -0.1) is 0 Å². The number of aromatic nitrogens is 2. The highest BCUT2D eigenvalue weighted by Gasteiger charge is 2.20. The van der Waals surface area contributed by atoms with E-state index in [0.29, 0.717) is 23.6 Å². The van der Waals surface area contributed by atoms with Crippen molar-refractivity contribution < 1.29 is 14.3 Å². The number of aryl methyl sites for hydroxylation is 2. The first-order valence-corrected chi connectivity index (χ1v) is 9.69. The van der Waals surface area contributed by atoms with Crippen molar-refractivity contribution in [3.8, 4) is 16.9 Å². The second-order valence-electron chi connectivity index (χ2n) is 6.06. The predicted molar refractivity (Wildman–Crippen MR) is 112 cm³/mol. The van der Waals surface area contributed by atoms with Crippen LogP contribution in [0.25, 0.3) is 11.1 Å². The van der Waals surface area contributed by atoms with Gasteiger partial charge in [0, 0.05) is 17.1 Å². The summed E-state index contributed by atoms with van der Waals surface area (Å²) in [6.45, 7) is 2.14. The van der Waals surface area contributed by atoms with Crippen molar-refractivity contribution in [1.82, 2.24) is 9.78 Å². The molecule has 0 bridgehead atoms. The van der Waals surface area contributed by atoms with Gasteiger partial charge in [0.2, 0.25) is 0 Å². The molecule has 0 aliphatic rings. The number of hydrogen-bond donors (Lipinski definition) is 0. The van der Waals surface area contributed by atoms with E-state index < -0.39 is 11.7 Å². The summed E-state index contributed by atoms with van der Waals surface area (Å²) in [7, 11) is 0. The number of rotatable bonds is 6. The fraction of sp³-hybridized carbons (Fsp3) is 0.190. The predicted octanol–water partition coefficient (Wildman–Crippen LogP) is 5.00.